The van der Waals surface area contributed by atoms with Crippen LogP contribution in [0, 0.1) is 11.3 Å². The second kappa shape index (κ2) is 9.66. The van der Waals surface area contributed by atoms with Crippen molar-refractivity contribution in [1.29, 1.82) is 5.26 Å². The average Bonchev–Trinajstić information content (AvgIpc) is 3.32. The zero-order valence-electron chi connectivity index (χ0n) is 19.3. The van der Waals surface area contributed by atoms with E-state index >= 15 is 0 Å². The number of carbonyl (C=O) groups excluding carboxylic acids is 1. The lowest BCUT2D eigenvalue weighted by Gasteiger charge is -2.08. The lowest BCUT2D eigenvalue weighted by molar-refractivity contribution is -0.137. The molecule has 182 valence electrons. The zero-order valence-corrected chi connectivity index (χ0v) is 19.3. The number of hydrogen-bond acceptors (Lipinski definition) is 5. The highest BCUT2D eigenvalue weighted by Gasteiger charge is 2.30. The Morgan fingerprint density at radius 3 is 2.49 bits per heavy atom. The van der Waals surface area contributed by atoms with E-state index in [1.807, 2.05) is 18.2 Å². The number of Topliss-reactive ketones (excluding diaryl/α,β-unsaturated/α-hetero) is 1. The molecule has 4 aromatic heterocycles. The minimum absolute atomic E-state index is 0.0681. The van der Waals surface area contributed by atoms with Gasteiger partial charge in [-0.25, -0.2) is 9.97 Å². The van der Waals surface area contributed by atoms with Gasteiger partial charge in [0.2, 0.25) is 0 Å². The van der Waals surface area contributed by atoms with Gasteiger partial charge in [0, 0.05) is 53.6 Å². The fourth-order valence-electron chi connectivity index (χ4n) is 4.05. The number of alkyl halides is 3. The summed E-state index contributed by atoms with van der Waals surface area (Å²) < 4.78 is 38.7. The van der Waals surface area contributed by atoms with Gasteiger partial charge in [-0.2, -0.15) is 18.4 Å². The van der Waals surface area contributed by atoms with Crippen molar-refractivity contribution >= 4 is 16.8 Å². The number of pyridine rings is 3. The minimum Gasteiger partial charge on any atom is -0.339 e. The molecule has 0 saturated heterocycles. The van der Waals surface area contributed by atoms with Gasteiger partial charge in [-0.3, -0.25) is 9.78 Å². The third-order valence-electron chi connectivity index (χ3n) is 5.83. The molecule has 0 saturated carbocycles. The summed E-state index contributed by atoms with van der Waals surface area (Å²) in [6.45, 7) is 0. The Hall–Kier alpha value is -4.84. The highest BCUT2D eigenvalue weighted by molar-refractivity contribution is 5.86. The van der Waals surface area contributed by atoms with Crippen molar-refractivity contribution in [1.82, 2.24) is 19.9 Å². The molecule has 1 aromatic carbocycles. The van der Waals surface area contributed by atoms with Gasteiger partial charge in [0.1, 0.15) is 23.2 Å². The molecule has 0 spiro atoms. The number of rotatable bonds is 6. The summed E-state index contributed by atoms with van der Waals surface area (Å²) in [5.41, 5.74) is 4.32. The third-order valence-corrected chi connectivity index (χ3v) is 5.83. The van der Waals surface area contributed by atoms with Gasteiger partial charge in [-0.1, -0.05) is 24.3 Å². The Morgan fingerprint density at radius 2 is 1.73 bits per heavy atom. The number of nitrogens with zero attached hydrogens (tertiary/aromatic N) is 4. The largest absolute Gasteiger partial charge is 0.416 e. The van der Waals surface area contributed by atoms with Crippen LogP contribution >= 0.6 is 0 Å². The van der Waals surface area contributed by atoms with Gasteiger partial charge in [-0.15, -0.1) is 0 Å². The van der Waals surface area contributed by atoms with E-state index < -0.39 is 11.7 Å². The first-order valence-corrected chi connectivity index (χ1v) is 11.3. The van der Waals surface area contributed by atoms with E-state index in [2.05, 4.69) is 19.9 Å². The van der Waals surface area contributed by atoms with E-state index in [4.69, 9.17) is 5.26 Å². The molecule has 0 aliphatic rings. The Labute approximate surface area is 209 Å². The van der Waals surface area contributed by atoms with Gasteiger partial charge in [-0.05, 0) is 47.5 Å². The van der Waals surface area contributed by atoms with Crippen LogP contribution in [0.4, 0.5) is 13.2 Å². The molecule has 0 amide bonds. The van der Waals surface area contributed by atoms with Crippen LogP contribution in [0.2, 0.25) is 0 Å². The van der Waals surface area contributed by atoms with Gasteiger partial charge in [0.15, 0.2) is 0 Å². The number of nitriles is 1. The highest BCUT2D eigenvalue weighted by atomic mass is 19.4. The number of H-pyrrole nitrogens is 1. The normalized spacial score (nSPS) is 11.4. The predicted octanol–water partition coefficient (Wildman–Crippen LogP) is 5.93. The Kier molecular flexibility index (Phi) is 6.24. The van der Waals surface area contributed by atoms with Crippen LogP contribution in [0.25, 0.3) is 33.5 Å². The molecular weight excluding hydrogens is 479 g/mol. The predicted molar refractivity (Wildman–Crippen MR) is 131 cm³/mol. The summed E-state index contributed by atoms with van der Waals surface area (Å²) in [4.78, 5) is 28.6. The van der Waals surface area contributed by atoms with E-state index in [1.165, 1.54) is 12.1 Å². The molecule has 6 nitrogen and oxygen atoms in total. The Balaban J connectivity index is 1.29. The molecule has 0 fully saturated rings. The van der Waals surface area contributed by atoms with E-state index in [9.17, 15) is 18.0 Å². The number of aromatic amines is 1. The summed E-state index contributed by atoms with van der Waals surface area (Å²) >= 11 is 0. The number of halogens is 3. The average molecular weight is 497 g/mol. The summed E-state index contributed by atoms with van der Waals surface area (Å²) in [5.74, 6) is -0.201. The van der Waals surface area contributed by atoms with Crippen LogP contribution in [-0.2, 0) is 23.8 Å². The smallest absolute Gasteiger partial charge is 0.339 e. The highest BCUT2D eigenvalue weighted by Crippen LogP contribution is 2.30. The second-order valence-corrected chi connectivity index (χ2v) is 8.53. The summed E-state index contributed by atoms with van der Waals surface area (Å²) in [6, 6.07) is 17.8. The van der Waals surface area contributed by atoms with E-state index in [1.54, 1.807) is 42.9 Å². The summed E-state index contributed by atoms with van der Waals surface area (Å²) in [6.07, 6.45) is 0.393. The first-order chi connectivity index (χ1) is 17.8. The van der Waals surface area contributed by atoms with E-state index in [0.29, 0.717) is 28.2 Å². The standard InChI is InChI=1S/C28H18F3N5O/c29-28(30,31)22-3-1-2-17(8-22)9-24(37)10-18-4-5-25(34-15-18)21-11-20-13-26(36-27(20)35-16-21)19-6-7-33-23(12-19)14-32/h1-8,11-13,15-16H,9-10H2,(H,35,36). The molecule has 1 N–H and O–H groups in total. The maximum absolute atomic E-state index is 12.9. The van der Waals surface area contributed by atoms with Gasteiger partial charge < -0.3 is 4.98 Å². The maximum Gasteiger partial charge on any atom is 0.416 e. The van der Waals surface area contributed by atoms with Crippen molar-refractivity contribution in [3.05, 3.63) is 102 Å². The molecule has 5 rings (SSSR count). The number of nitrogens with one attached hydrogen (secondary N) is 1. The lowest BCUT2D eigenvalue weighted by atomic mass is 10.0. The maximum atomic E-state index is 12.9. The fraction of sp³-hybridized carbons (Fsp3) is 0.107. The molecule has 0 aliphatic carbocycles. The SMILES string of the molecule is N#Cc1cc(-c2cc3cc(-c4ccc(CC(=O)Cc5cccc(C(F)(F)F)c5)cn4)cnc3[nH]2)ccn1. The van der Waals surface area contributed by atoms with Crippen LogP contribution in [0.1, 0.15) is 22.4 Å². The van der Waals surface area contributed by atoms with Crippen LogP contribution < -0.4 is 0 Å². The van der Waals surface area contributed by atoms with Gasteiger partial charge in [0.25, 0.3) is 0 Å². The minimum atomic E-state index is -4.45. The van der Waals surface area contributed by atoms with Crippen molar-refractivity contribution in [3.8, 4) is 28.6 Å². The van der Waals surface area contributed by atoms with Crippen molar-refractivity contribution < 1.29 is 18.0 Å². The van der Waals surface area contributed by atoms with Crippen molar-refractivity contribution in [2.45, 2.75) is 19.0 Å². The molecule has 0 atom stereocenters. The van der Waals surface area contributed by atoms with Crippen LogP contribution in [-0.4, -0.2) is 25.7 Å². The van der Waals surface area contributed by atoms with Gasteiger partial charge in [0.05, 0.1) is 11.3 Å². The summed E-state index contributed by atoms with van der Waals surface area (Å²) in [5, 5.41) is 9.95. The van der Waals surface area contributed by atoms with E-state index in [0.717, 1.165) is 34.3 Å². The number of aromatic nitrogens is 4. The quantitative estimate of drug-likeness (QED) is 0.314. The van der Waals surface area contributed by atoms with E-state index in [-0.39, 0.29) is 18.6 Å². The van der Waals surface area contributed by atoms with Crippen molar-refractivity contribution in [2.24, 2.45) is 0 Å². The number of benzene rings is 1. The monoisotopic (exact) mass is 497 g/mol. The second-order valence-electron chi connectivity index (χ2n) is 8.53. The third kappa shape index (κ3) is 5.38. The first kappa shape index (κ1) is 23.9. The molecule has 5 aromatic rings. The molecule has 4 heterocycles. The molecule has 0 radical (unpaired) electrons. The first-order valence-electron chi connectivity index (χ1n) is 11.3. The Morgan fingerprint density at radius 1 is 0.892 bits per heavy atom. The van der Waals surface area contributed by atoms with Crippen molar-refractivity contribution in [3.63, 3.8) is 0 Å². The van der Waals surface area contributed by atoms with Crippen LogP contribution in [0.15, 0.2) is 79.3 Å². The van der Waals surface area contributed by atoms with Crippen LogP contribution in [0.3, 0.4) is 0 Å². The fourth-order valence-corrected chi connectivity index (χ4v) is 4.05. The number of fused-ring (bicyclic) bond motifs is 1. The topological polar surface area (TPSA) is 95.3 Å². The number of hydrogen-bond donors (Lipinski definition) is 1. The van der Waals surface area contributed by atoms with Crippen LogP contribution in [0.5, 0.6) is 0 Å². The Bertz CT molecular complexity index is 1650. The molecule has 9 heteroatoms. The molecule has 0 aliphatic heterocycles. The number of carbonyl (C=O) groups is 1. The lowest BCUT2D eigenvalue weighted by Crippen LogP contribution is -2.09. The zero-order chi connectivity index (χ0) is 26.0. The van der Waals surface area contributed by atoms with Gasteiger partial charge >= 0.3 is 6.18 Å². The molecule has 0 bridgehead atoms. The molecule has 0 unspecified atom stereocenters. The number of ketones is 1. The summed E-state index contributed by atoms with van der Waals surface area (Å²) in [7, 11) is 0. The molecule has 37 heavy (non-hydrogen) atoms. The van der Waals surface area contributed by atoms with Crippen molar-refractivity contribution in [2.75, 3.05) is 0 Å². The molecular formula is C28H18F3N5O.